The average molecular weight is 228 g/mol. The molecule has 0 bridgehead atoms. The molecule has 0 saturated heterocycles. The molecule has 0 radical (unpaired) electrons. The van der Waals surface area contributed by atoms with E-state index in [1.807, 2.05) is 19.1 Å². The molecular weight excluding hydrogens is 214 g/mol. The molecule has 1 atom stereocenters. The van der Waals surface area contributed by atoms with Crippen LogP contribution < -0.4 is 15.2 Å². The fraction of sp³-hybridized carbons (Fsp3) is 0.455. The van der Waals surface area contributed by atoms with Gasteiger partial charge in [-0.2, -0.15) is 0 Å². The lowest BCUT2D eigenvalue weighted by Crippen LogP contribution is -2.15. The third kappa shape index (κ3) is 2.36. The molecule has 4 heteroatoms. The van der Waals surface area contributed by atoms with Gasteiger partial charge in [-0.05, 0) is 37.5 Å². The molecule has 0 spiro atoms. The van der Waals surface area contributed by atoms with Gasteiger partial charge in [0.2, 0.25) is 6.79 Å². The van der Waals surface area contributed by atoms with Crippen molar-refractivity contribution in [1.29, 1.82) is 0 Å². The van der Waals surface area contributed by atoms with Gasteiger partial charge in [0.25, 0.3) is 0 Å². The summed E-state index contributed by atoms with van der Waals surface area (Å²) in [5, 5.41) is 0.615. The van der Waals surface area contributed by atoms with E-state index in [1.54, 1.807) is 0 Å². The Morgan fingerprint density at radius 1 is 1.47 bits per heavy atom. The molecule has 0 aliphatic carbocycles. The Hall–Kier alpha value is -0.930. The molecule has 0 amide bonds. The standard InChI is InChI=1S/C11H14ClNO2/c1-7(13)2-3-8-4-9(12)11-10(5-8)14-6-15-11/h4-5,7H,2-3,6,13H2,1H3/t7-/m0/s1. The summed E-state index contributed by atoms with van der Waals surface area (Å²) in [4.78, 5) is 0. The quantitative estimate of drug-likeness (QED) is 0.862. The number of aryl methyl sites for hydroxylation is 1. The van der Waals surface area contributed by atoms with Crippen LogP contribution in [0.5, 0.6) is 11.5 Å². The van der Waals surface area contributed by atoms with E-state index in [1.165, 1.54) is 0 Å². The van der Waals surface area contributed by atoms with Crippen LogP contribution in [0, 0.1) is 0 Å². The van der Waals surface area contributed by atoms with E-state index >= 15 is 0 Å². The van der Waals surface area contributed by atoms with Gasteiger partial charge in [-0.15, -0.1) is 0 Å². The van der Waals surface area contributed by atoms with E-state index in [4.69, 9.17) is 26.8 Å². The number of nitrogens with two attached hydrogens (primary N) is 1. The highest BCUT2D eigenvalue weighted by atomic mass is 35.5. The van der Waals surface area contributed by atoms with Crippen LogP contribution in [-0.4, -0.2) is 12.8 Å². The Labute approximate surface area is 94.1 Å². The first-order valence-electron chi connectivity index (χ1n) is 5.00. The molecular formula is C11H14ClNO2. The lowest BCUT2D eigenvalue weighted by molar-refractivity contribution is 0.174. The highest BCUT2D eigenvalue weighted by Gasteiger charge is 2.18. The molecule has 0 saturated carbocycles. The minimum Gasteiger partial charge on any atom is -0.454 e. The first-order valence-corrected chi connectivity index (χ1v) is 5.38. The van der Waals surface area contributed by atoms with Crippen molar-refractivity contribution in [2.24, 2.45) is 5.73 Å². The maximum absolute atomic E-state index is 6.05. The predicted octanol–water partition coefficient (Wildman–Crippen LogP) is 2.35. The summed E-state index contributed by atoms with van der Waals surface area (Å²) in [6, 6.07) is 4.09. The van der Waals surface area contributed by atoms with E-state index in [9.17, 15) is 0 Å². The fourth-order valence-electron chi connectivity index (χ4n) is 1.56. The molecule has 1 heterocycles. The number of ether oxygens (including phenoxy) is 2. The van der Waals surface area contributed by atoms with Crippen molar-refractivity contribution in [3.05, 3.63) is 22.7 Å². The largest absolute Gasteiger partial charge is 0.454 e. The van der Waals surface area contributed by atoms with Gasteiger partial charge < -0.3 is 15.2 Å². The maximum Gasteiger partial charge on any atom is 0.231 e. The lowest BCUT2D eigenvalue weighted by Gasteiger charge is -2.07. The van der Waals surface area contributed by atoms with Gasteiger partial charge in [0.15, 0.2) is 11.5 Å². The van der Waals surface area contributed by atoms with E-state index in [0.29, 0.717) is 10.8 Å². The number of halogens is 1. The minimum absolute atomic E-state index is 0.203. The van der Waals surface area contributed by atoms with Crippen LogP contribution in [-0.2, 0) is 6.42 Å². The zero-order valence-electron chi connectivity index (χ0n) is 8.63. The van der Waals surface area contributed by atoms with Crippen molar-refractivity contribution in [3.8, 4) is 11.5 Å². The number of rotatable bonds is 3. The van der Waals surface area contributed by atoms with Crippen LogP contribution in [0.2, 0.25) is 5.02 Å². The molecule has 0 fully saturated rings. The van der Waals surface area contributed by atoms with Crippen LogP contribution in [0.15, 0.2) is 12.1 Å². The van der Waals surface area contributed by atoms with Crippen molar-refractivity contribution in [1.82, 2.24) is 0 Å². The molecule has 2 rings (SSSR count). The van der Waals surface area contributed by atoms with Gasteiger partial charge in [0.1, 0.15) is 0 Å². The van der Waals surface area contributed by atoms with Gasteiger partial charge >= 0.3 is 0 Å². The SMILES string of the molecule is C[C@H](N)CCc1cc(Cl)c2c(c1)OCO2. The Bertz CT molecular complexity index is 366. The van der Waals surface area contributed by atoms with Gasteiger partial charge in [-0.1, -0.05) is 11.6 Å². The summed E-state index contributed by atoms with van der Waals surface area (Å²) in [5.41, 5.74) is 6.84. The second-order valence-electron chi connectivity index (χ2n) is 3.83. The molecule has 0 aromatic heterocycles. The second kappa shape index (κ2) is 4.29. The van der Waals surface area contributed by atoms with E-state index in [2.05, 4.69) is 0 Å². The third-order valence-corrected chi connectivity index (χ3v) is 2.66. The lowest BCUT2D eigenvalue weighted by atomic mass is 10.1. The van der Waals surface area contributed by atoms with Gasteiger partial charge in [-0.25, -0.2) is 0 Å². The maximum atomic E-state index is 6.05. The Morgan fingerprint density at radius 2 is 2.27 bits per heavy atom. The second-order valence-corrected chi connectivity index (χ2v) is 4.23. The topological polar surface area (TPSA) is 44.5 Å². The molecule has 1 aliphatic rings. The highest BCUT2D eigenvalue weighted by Crippen LogP contribution is 2.39. The fourth-order valence-corrected chi connectivity index (χ4v) is 1.85. The highest BCUT2D eigenvalue weighted by molar-refractivity contribution is 6.32. The average Bonchev–Trinajstić information content (AvgIpc) is 2.63. The summed E-state index contributed by atoms with van der Waals surface area (Å²) in [6.45, 7) is 2.25. The third-order valence-electron chi connectivity index (χ3n) is 2.38. The number of hydrogen-bond acceptors (Lipinski definition) is 3. The van der Waals surface area contributed by atoms with Crippen LogP contribution in [0.3, 0.4) is 0 Å². The molecule has 3 nitrogen and oxygen atoms in total. The Kier molecular flexibility index (Phi) is 3.03. The zero-order chi connectivity index (χ0) is 10.8. The summed E-state index contributed by atoms with van der Waals surface area (Å²) >= 11 is 6.05. The molecule has 1 aromatic rings. The number of fused-ring (bicyclic) bond motifs is 1. The van der Waals surface area contributed by atoms with Crippen molar-refractivity contribution in [2.75, 3.05) is 6.79 Å². The van der Waals surface area contributed by atoms with Crippen molar-refractivity contribution >= 4 is 11.6 Å². The van der Waals surface area contributed by atoms with Crippen LogP contribution in [0.4, 0.5) is 0 Å². The summed E-state index contributed by atoms with van der Waals surface area (Å²) < 4.78 is 10.5. The Morgan fingerprint density at radius 3 is 3.00 bits per heavy atom. The number of hydrogen-bond donors (Lipinski definition) is 1. The van der Waals surface area contributed by atoms with Crippen LogP contribution in [0.1, 0.15) is 18.9 Å². The first kappa shape index (κ1) is 10.6. The molecule has 82 valence electrons. The summed E-state index contributed by atoms with van der Waals surface area (Å²) in [5.74, 6) is 1.39. The molecule has 1 aliphatic heterocycles. The predicted molar refractivity (Wildman–Crippen MR) is 59.5 cm³/mol. The van der Waals surface area contributed by atoms with Crippen molar-refractivity contribution < 1.29 is 9.47 Å². The molecule has 0 unspecified atom stereocenters. The van der Waals surface area contributed by atoms with Crippen LogP contribution in [0.25, 0.3) is 0 Å². The van der Waals surface area contributed by atoms with Gasteiger partial charge in [0, 0.05) is 6.04 Å². The van der Waals surface area contributed by atoms with Crippen LogP contribution >= 0.6 is 11.6 Å². The molecule has 2 N–H and O–H groups in total. The monoisotopic (exact) mass is 227 g/mol. The van der Waals surface area contributed by atoms with Crippen molar-refractivity contribution in [3.63, 3.8) is 0 Å². The van der Waals surface area contributed by atoms with E-state index in [0.717, 1.165) is 24.2 Å². The first-order chi connectivity index (χ1) is 7.16. The van der Waals surface area contributed by atoms with E-state index < -0.39 is 0 Å². The normalized spacial score (nSPS) is 15.4. The van der Waals surface area contributed by atoms with Gasteiger partial charge in [-0.3, -0.25) is 0 Å². The van der Waals surface area contributed by atoms with Gasteiger partial charge in [0.05, 0.1) is 5.02 Å². The zero-order valence-corrected chi connectivity index (χ0v) is 9.38. The molecule has 15 heavy (non-hydrogen) atoms. The van der Waals surface area contributed by atoms with E-state index in [-0.39, 0.29) is 12.8 Å². The molecule has 1 aromatic carbocycles. The summed E-state index contributed by atoms with van der Waals surface area (Å²) in [6.07, 6.45) is 1.85. The summed E-state index contributed by atoms with van der Waals surface area (Å²) in [7, 11) is 0. The minimum atomic E-state index is 0.203. The smallest absolute Gasteiger partial charge is 0.231 e. The Balaban J connectivity index is 2.16. The number of benzene rings is 1. The van der Waals surface area contributed by atoms with Crippen molar-refractivity contribution in [2.45, 2.75) is 25.8 Å².